The molecule has 1 aliphatic rings. The molecule has 0 aromatic heterocycles. The zero-order valence-electron chi connectivity index (χ0n) is 13.7. The van der Waals surface area contributed by atoms with Crippen LogP contribution in [0.15, 0.2) is 60.7 Å². The Bertz CT molecular complexity index is 685. The van der Waals surface area contributed by atoms with Gasteiger partial charge in [0.05, 0.1) is 5.41 Å². The van der Waals surface area contributed by atoms with Gasteiger partial charge in [-0.2, -0.15) is 0 Å². The zero-order valence-corrected chi connectivity index (χ0v) is 13.7. The van der Waals surface area contributed by atoms with E-state index in [-0.39, 0.29) is 12.1 Å². The van der Waals surface area contributed by atoms with Crippen molar-refractivity contribution in [2.24, 2.45) is 11.1 Å². The van der Waals surface area contributed by atoms with Gasteiger partial charge in [-0.1, -0.05) is 60.7 Å². The van der Waals surface area contributed by atoms with E-state index < -0.39 is 11.0 Å². The minimum absolute atomic E-state index is 0.202. The van der Waals surface area contributed by atoms with Crippen LogP contribution in [0.5, 0.6) is 0 Å². The van der Waals surface area contributed by atoms with Crippen LogP contribution in [-0.4, -0.2) is 11.5 Å². The molecule has 0 spiro atoms. The van der Waals surface area contributed by atoms with E-state index in [1.165, 1.54) is 0 Å². The number of benzene rings is 2. The Kier molecular flexibility index (Phi) is 3.99. The van der Waals surface area contributed by atoms with Gasteiger partial charge >= 0.3 is 5.97 Å². The highest BCUT2D eigenvalue weighted by Gasteiger charge is 2.67. The number of hydrogen-bond acceptors (Lipinski definition) is 3. The van der Waals surface area contributed by atoms with Crippen LogP contribution in [0.2, 0.25) is 0 Å². The van der Waals surface area contributed by atoms with Crippen molar-refractivity contribution < 1.29 is 9.53 Å². The monoisotopic (exact) mass is 309 g/mol. The average molecular weight is 309 g/mol. The Morgan fingerprint density at radius 1 is 1.13 bits per heavy atom. The normalized spacial score (nSPS) is 27.3. The number of esters is 1. The van der Waals surface area contributed by atoms with Gasteiger partial charge in [-0.25, -0.2) is 0 Å². The van der Waals surface area contributed by atoms with E-state index in [1.807, 2.05) is 74.5 Å². The van der Waals surface area contributed by atoms with E-state index in [9.17, 15) is 4.79 Å². The molecule has 120 valence electrons. The smallest absolute Gasteiger partial charge is 0.314 e. The number of carbonyl (C=O) groups is 1. The molecule has 3 atom stereocenters. The minimum Gasteiger partial charge on any atom is -0.457 e. The van der Waals surface area contributed by atoms with Crippen molar-refractivity contribution in [3.8, 4) is 0 Å². The van der Waals surface area contributed by atoms with Gasteiger partial charge in [0.2, 0.25) is 0 Å². The molecule has 2 aromatic rings. The molecule has 0 aliphatic heterocycles. The summed E-state index contributed by atoms with van der Waals surface area (Å²) < 4.78 is 5.68. The van der Waals surface area contributed by atoms with Crippen LogP contribution in [0.3, 0.4) is 0 Å². The molecule has 3 nitrogen and oxygen atoms in total. The summed E-state index contributed by atoms with van der Waals surface area (Å²) in [7, 11) is 0. The van der Waals surface area contributed by atoms with Crippen LogP contribution in [-0.2, 0) is 16.0 Å². The lowest BCUT2D eigenvalue weighted by atomic mass is 9.96. The van der Waals surface area contributed by atoms with Crippen molar-refractivity contribution in [3.05, 3.63) is 71.8 Å². The second kappa shape index (κ2) is 5.82. The summed E-state index contributed by atoms with van der Waals surface area (Å²) >= 11 is 0. The first-order valence-corrected chi connectivity index (χ1v) is 8.03. The number of ether oxygens (including phenoxy) is 1. The molecule has 1 saturated carbocycles. The predicted molar refractivity (Wildman–Crippen MR) is 90.7 cm³/mol. The SMILES string of the molecule is CC(OC(=O)C1(C)CC1(N)Cc1ccccc1)c1ccccc1. The van der Waals surface area contributed by atoms with Crippen LogP contribution in [0, 0.1) is 5.41 Å². The van der Waals surface area contributed by atoms with Crippen LogP contribution in [0.25, 0.3) is 0 Å². The van der Waals surface area contributed by atoms with Gasteiger partial charge in [-0.05, 0) is 37.8 Å². The molecule has 0 radical (unpaired) electrons. The van der Waals surface area contributed by atoms with Gasteiger partial charge in [0.1, 0.15) is 6.10 Å². The third-order valence-electron chi connectivity index (χ3n) is 5.01. The van der Waals surface area contributed by atoms with Gasteiger partial charge in [0.15, 0.2) is 0 Å². The number of rotatable bonds is 5. The van der Waals surface area contributed by atoms with E-state index in [0.717, 1.165) is 11.1 Å². The second-order valence-corrected chi connectivity index (χ2v) is 6.79. The molecule has 1 fully saturated rings. The highest BCUT2D eigenvalue weighted by molar-refractivity contribution is 5.83. The number of hydrogen-bond donors (Lipinski definition) is 1. The fourth-order valence-corrected chi connectivity index (χ4v) is 3.16. The van der Waals surface area contributed by atoms with E-state index in [1.54, 1.807) is 0 Å². The standard InChI is InChI=1S/C20H23NO2/c1-15(17-11-7-4-8-12-17)23-18(22)19(2)14-20(19,21)13-16-9-5-3-6-10-16/h3-12,15H,13-14,21H2,1-2H3. The first-order valence-electron chi connectivity index (χ1n) is 8.03. The fourth-order valence-electron chi connectivity index (χ4n) is 3.16. The zero-order chi connectivity index (χ0) is 16.5. The van der Waals surface area contributed by atoms with Gasteiger partial charge in [0, 0.05) is 5.54 Å². The molecule has 0 amide bonds. The van der Waals surface area contributed by atoms with E-state index in [2.05, 4.69) is 0 Å². The van der Waals surface area contributed by atoms with Crippen molar-refractivity contribution in [1.82, 2.24) is 0 Å². The topological polar surface area (TPSA) is 52.3 Å². The lowest BCUT2D eigenvalue weighted by molar-refractivity contribution is -0.155. The highest BCUT2D eigenvalue weighted by atomic mass is 16.5. The Hall–Kier alpha value is -2.13. The van der Waals surface area contributed by atoms with Crippen molar-refractivity contribution in [3.63, 3.8) is 0 Å². The van der Waals surface area contributed by atoms with E-state index in [4.69, 9.17) is 10.5 Å². The maximum Gasteiger partial charge on any atom is 0.314 e. The van der Waals surface area contributed by atoms with Gasteiger partial charge in [0.25, 0.3) is 0 Å². The summed E-state index contributed by atoms with van der Waals surface area (Å²) in [6.07, 6.45) is 1.09. The summed E-state index contributed by atoms with van der Waals surface area (Å²) in [5, 5.41) is 0. The molecule has 2 N–H and O–H groups in total. The van der Waals surface area contributed by atoms with Crippen molar-refractivity contribution in [2.45, 2.75) is 38.3 Å². The molecule has 23 heavy (non-hydrogen) atoms. The maximum absolute atomic E-state index is 12.6. The summed E-state index contributed by atoms with van der Waals surface area (Å²) in [5.74, 6) is -0.202. The average Bonchev–Trinajstić information content (AvgIpc) is 3.11. The van der Waals surface area contributed by atoms with E-state index in [0.29, 0.717) is 12.8 Å². The van der Waals surface area contributed by atoms with Crippen molar-refractivity contribution >= 4 is 5.97 Å². The maximum atomic E-state index is 12.6. The molecular weight excluding hydrogens is 286 g/mol. The largest absolute Gasteiger partial charge is 0.457 e. The molecule has 1 aliphatic carbocycles. The first-order chi connectivity index (χ1) is 10.9. The molecule has 0 bridgehead atoms. The van der Waals surface area contributed by atoms with Crippen LogP contribution < -0.4 is 5.73 Å². The summed E-state index contributed by atoms with van der Waals surface area (Å²) in [6, 6.07) is 19.8. The van der Waals surface area contributed by atoms with Gasteiger partial charge in [-0.3, -0.25) is 4.79 Å². The fraction of sp³-hybridized carbons (Fsp3) is 0.350. The van der Waals surface area contributed by atoms with Crippen LogP contribution in [0.4, 0.5) is 0 Å². The summed E-state index contributed by atoms with van der Waals surface area (Å²) in [6.45, 7) is 3.81. The Balaban J connectivity index is 1.66. The summed E-state index contributed by atoms with van der Waals surface area (Å²) in [5.41, 5.74) is 7.51. The van der Waals surface area contributed by atoms with Crippen LogP contribution in [0.1, 0.15) is 37.5 Å². The van der Waals surface area contributed by atoms with Crippen LogP contribution >= 0.6 is 0 Å². The number of nitrogens with two attached hydrogens (primary N) is 1. The molecular formula is C20H23NO2. The Labute approximate surface area is 137 Å². The molecule has 3 unspecified atom stereocenters. The minimum atomic E-state index is -0.605. The predicted octanol–water partition coefficient (Wildman–Crippen LogP) is 3.64. The highest BCUT2D eigenvalue weighted by Crippen LogP contribution is 2.57. The number of carbonyl (C=O) groups excluding carboxylic acids is 1. The molecule has 3 rings (SSSR count). The summed E-state index contributed by atoms with van der Waals surface area (Å²) in [4.78, 5) is 12.6. The molecule has 0 heterocycles. The van der Waals surface area contributed by atoms with Gasteiger partial charge in [-0.15, -0.1) is 0 Å². The quantitative estimate of drug-likeness (QED) is 0.858. The van der Waals surface area contributed by atoms with E-state index >= 15 is 0 Å². The lowest BCUT2D eigenvalue weighted by Gasteiger charge is -2.21. The molecule has 3 heteroatoms. The second-order valence-electron chi connectivity index (χ2n) is 6.79. The third kappa shape index (κ3) is 3.02. The molecule has 0 saturated heterocycles. The molecule has 2 aromatic carbocycles. The lowest BCUT2D eigenvalue weighted by Crippen LogP contribution is -2.37. The Morgan fingerprint density at radius 3 is 2.30 bits per heavy atom. The van der Waals surface area contributed by atoms with Crippen molar-refractivity contribution in [1.29, 1.82) is 0 Å². The van der Waals surface area contributed by atoms with Crippen molar-refractivity contribution in [2.75, 3.05) is 0 Å². The van der Waals surface area contributed by atoms with Gasteiger partial charge < -0.3 is 10.5 Å². The third-order valence-corrected chi connectivity index (χ3v) is 5.01. The Morgan fingerprint density at radius 2 is 1.70 bits per heavy atom. The first kappa shape index (κ1) is 15.8.